The molecule has 1 unspecified atom stereocenters. The summed E-state index contributed by atoms with van der Waals surface area (Å²) >= 11 is 3.38. The number of carbonyl (C=O) groups excluding carboxylic acids is 1. The van der Waals surface area contributed by atoms with Crippen LogP contribution in [0.4, 0.5) is 0 Å². The first kappa shape index (κ1) is 13.5. The van der Waals surface area contributed by atoms with E-state index in [9.17, 15) is 4.79 Å². The summed E-state index contributed by atoms with van der Waals surface area (Å²) in [6.45, 7) is 3.36. The Morgan fingerprint density at radius 1 is 1.61 bits per heavy atom. The molecule has 18 heavy (non-hydrogen) atoms. The summed E-state index contributed by atoms with van der Waals surface area (Å²) in [4.78, 5) is 14.1. The van der Waals surface area contributed by atoms with Gasteiger partial charge in [-0.3, -0.25) is 4.79 Å². The first-order chi connectivity index (χ1) is 8.61. The monoisotopic (exact) mass is 313 g/mol. The number of hydrogen-bond acceptors (Lipinski definition) is 3. The molecule has 1 aliphatic heterocycles. The number of aliphatic hydroxyl groups is 1. The van der Waals surface area contributed by atoms with Crippen LogP contribution in [0.2, 0.25) is 0 Å². The Hall–Kier alpha value is -0.910. The van der Waals surface area contributed by atoms with Crippen molar-refractivity contribution in [1.82, 2.24) is 4.90 Å². The zero-order valence-electron chi connectivity index (χ0n) is 10.2. The molecule has 1 aliphatic rings. The average molecular weight is 314 g/mol. The highest BCUT2D eigenvalue weighted by atomic mass is 79.9. The van der Waals surface area contributed by atoms with Gasteiger partial charge in [0.25, 0.3) is 5.91 Å². The molecule has 1 N–H and O–H groups in total. The lowest BCUT2D eigenvalue weighted by Crippen LogP contribution is -2.47. The number of rotatable bonds is 2. The van der Waals surface area contributed by atoms with Crippen molar-refractivity contribution in [2.24, 2.45) is 0 Å². The number of morpholine rings is 1. The normalized spacial score (nSPS) is 19.9. The minimum Gasteiger partial charge on any atom is -0.394 e. The molecule has 2 rings (SSSR count). The van der Waals surface area contributed by atoms with Crippen LogP contribution in [0.5, 0.6) is 0 Å². The molecule has 0 bridgehead atoms. The van der Waals surface area contributed by atoms with Crippen LogP contribution in [0.3, 0.4) is 0 Å². The summed E-state index contributed by atoms with van der Waals surface area (Å²) in [5.41, 5.74) is 1.65. The van der Waals surface area contributed by atoms with E-state index in [-0.39, 0.29) is 18.6 Å². The van der Waals surface area contributed by atoms with Gasteiger partial charge in [0.1, 0.15) is 0 Å². The summed E-state index contributed by atoms with van der Waals surface area (Å²) in [5, 5.41) is 9.09. The lowest BCUT2D eigenvalue weighted by Gasteiger charge is -2.32. The second-order valence-corrected chi connectivity index (χ2v) is 5.30. The van der Waals surface area contributed by atoms with Gasteiger partial charge in [0.2, 0.25) is 0 Å². The first-order valence-corrected chi connectivity index (χ1v) is 6.69. The molecule has 1 fully saturated rings. The highest BCUT2D eigenvalue weighted by molar-refractivity contribution is 9.10. The third kappa shape index (κ3) is 2.91. The quantitative estimate of drug-likeness (QED) is 0.902. The van der Waals surface area contributed by atoms with Crippen molar-refractivity contribution >= 4 is 21.8 Å². The van der Waals surface area contributed by atoms with Crippen LogP contribution in [0.15, 0.2) is 22.7 Å². The second-order valence-electron chi connectivity index (χ2n) is 4.39. The van der Waals surface area contributed by atoms with Crippen molar-refractivity contribution in [3.8, 4) is 0 Å². The second kappa shape index (κ2) is 5.82. The van der Waals surface area contributed by atoms with Crippen LogP contribution in [0.25, 0.3) is 0 Å². The number of aryl methyl sites for hydroxylation is 1. The van der Waals surface area contributed by atoms with Gasteiger partial charge >= 0.3 is 0 Å². The first-order valence-electron chi connectivity index (χ1n) is 5.89. The number of aliphatic hydroxyl groups excluding tert-OH is 1. The SMILES string of the molecule is Cc1ccc(Br)cc1C(=O)N1CCOC(CO)C1. The van der Waals surface area contributed by atoms with E-state index in [0.29, 0.717) is 25.3 Å². The maximum Gasteiger partial charge on any atom is 0.254 e. The van der Waals surface area contributed by atoms with E-state index in [1.54, 1.807) is 4.90 Å². The summed E-state index contributed by atoms with van der Waals surface area (Å²) < 4.78 is 6.24. The molecular weight excluding hydrogens is 298 g/mol. The standard InChI is InChI=1S/C13H16BrNO3/c1-9-2-3-10(14)6-12(9)13(17)15-4-5-18-11(7-15)8-16/h2-3,6,11,16H,4-5,7-8H2,1H3. The fourth-order valence-electron chi connectivity index (χ4n) is 2.01. The van der Waals surface area contributed by atoms with Gasteiger partial charge in [0, 0.05) is 23.1 Å². The van der Waals surface area contributed by atoms with E-state index >= 15 is 0 Å². The summed E-state index contributed by atoms with van der Waals surface area (Å²) in [5.74, 6) is -0.00412. The molecule has 4 nitrogen and oxygen atoms in total. The van der Waals surface area contributed by atoms with Gasteiger partial charge in [-0.25, -0.2) is 0 Å². The van der Waals surface area contributed by atoms with Gasteiger partial charge in [-0.1, -0.05) is 22.0 Å². The number of ether oxygens (including phenoxy) is 1. The Morgan fingerprint density at radius 2 is 2.39 bits per heavy atom. The molecule has 0 saturated carbocycles. The summed E-state index contributed by atoms with van der Waals surface area (Å²) in [7, 11) is 0. The van der Waals surface area contributed by atoms with Crippen molar-refractivity contribution in [1.29, 1.82) is 0 Å². The van der Waals surface area contributed by atoms with E-state index in [1.807, 2.05) is 25.1 Å². The highest BCUT2D eigenvalue weighted by Gasteiger charge is 2.25. The van der Waals surface area contributed by atoms with Crippen LogP contribution < -0.4 is 0 Å². The van der Waals surface area contributed by atoms with Crippen LogP contribution in [0, 0.1) is 6.92 Å². The summed E-state index contributed by atoms with van der Waals surface area (Å²) in [6.07, 6.45) is -0.268. The molecule has 1 saturated heterocycles. The average Bonchev–Trinajstić information content (AvgIpc) is 2.41. The van der Waals surface area contributed by atoms with E-state index in [2.05, 4.69) is 15.9 Å². The molecule has 5 heteroatoms. The van der Waals surface area contributed by atoms with Crippen molar-refractivity contribution in [3.63, 3.8) is 0 Å². The lowest BCUT2D eigenvalue weighted by molar-refractivity contribution is -0.0447. The van der Waals surface area contributed by atoms with Crippen molar-refractivity contribution in [2.45, 2.75) is 13.0 Å². The molecule has 0 radical (unpaired) electrons. The third-order valence-electron chi connectivity index (χ3n) is 3.06. The van der Waals surface area contributed by atoms with E-state index in [0.717, 1.165) is 10.0 Å². The zero-order valence-corrected chi connectivity index (χ0v) is 11.8. The lowest BCUT2D eigenvalue weighted by atomic mass is 10.1. The molecule has 0 aromatic heterocycles. The molecule has 1 atom stereocenters. The minimum absolute atomic E-state index is 0.00412. The Kier molecular flexibility index (Phi) is 4.37. The van der Waals surface area contributed by atoms with E-state index in [4.69, 9.17) is 9.84 Å². The van der Waals surface area contributed by atoms with Gasteiger partial charge < -0.3 is 14.7 Å². The van der Waals surface area contributed by atoms with Crippen LogP contribution >= 0.6 is 15.9 Å². The fraction of sp³-hybridized carbons (Fsp3) is 0.462. The van der Waals surface area contributed by atoms with Crippen LogP contribution in [-0.4, -0.2) is 48.3 Å². The smallest absolute Gasteiger partial charge is 0.254 e. The van der Waals surface area contributed by atoms with Crippen molar-refractivity contribution in [2.75, 3.05) is 26.3 Å². The number of amides is 1. The van der Waals surface area contributed by atoms with Gasteiger partial charge in [-0.2, -0.15) is 0 Å². The van der Waals surface area contributed by atoms with Gasteiger partial charge in [0.05, 0.1) is 19.3 Å². The number of hydrogen-bond donors (Lipinski definition) is 1. The highest BCUT2D eigenvalue weighted by Crippen LogP contribution is 2.19. The third-order valence-corrected chi connectivity index (χ3v) is 3.55. The van der Waals surface area contributed by atoms with Crippen LogP contribution in [0.1, 0.15) is 15.9 Å². The molecule has 0 spiro atoms. The largest absolute Gasteiger partial charge is 0.394 e. The van der Waals surface area contributed by atoms with Gasteiger partial charge in [-0.15, -0.1) is 0 Å². The van der Waals surface area contributed by atoms with Gasteiger partial charge in [-0.05, 0) is 24.6 Å². The number of benzene rings is 1. The number of halogens is 1. The maximum atomic E-state index is 12.4. The van der Waals surface area contributed by atoms with Crippen molar-refractivity contribution < 1.29 is 14.6 Å². The molecule has 1 amide bonds. The Morgan fingerprint density at radius 3 is 3.11 bits per heavy atom. The zero-order chi connectivity index (χ0) is 13.1. The Bertz CT molecular complexity index is 450. The Labute approximate surface area is 115 Å². The number of nitrogens with zero attached hydrogens (tertiary/aromatic N) is 1. The van der Waals surface area contributed by atoms with E-state index in [1.165, 1.54) is 0 Å². The van der Waals surface area contributed by atoms with Crippen LogP contribution in [-0.2, 0) is 4.74 Å². The van der Waals surface area contributed by atoms with E-state index < -0.39 is 0 Å². The topological polar surface area (TPSA) is 49.8 Å². The molecule has 1 aromatic carbocycles. The molecule has 0 aliphatic carbocycles. The van der Waals surface area contributed by atoms with Crippen molar-refractivity contribution in [3.05, 3.63) is 33.8 Å². The fourth-order valence-corrected chi connectivity index (χ4v) is 2.37. The molecule has 1 aromatic rings. The predicted octanol–water partition coefficient (Wildman–Crippen LogP) is 1.59. The Balaban J connectivity index is 2.17. The maximum absolute atomic E-state index is 12.4. The molecule has 98 valence electrons. The molecular formula is C13H16BrNO3. The minimum atomic E-state index is -0.268. The summed E-state index contributed by atoms with van der Waals surface area (Å²) in [6, 6.07) is 5.67. The number of carbonyl (C=O) groups is 1. The molecule has 1 heterocycles. The van der Waals surface area contributed by atoms with Gasteiger partial charge in [0.15, 0.2) is 0 Å². The predicted molar refractivity (Wildman–Crippen MR) is 71.6 cm³/mol.